The van der Waals surface area contributed by atoms with Crippen molar-refractivity contribution < 1.29 is 9.90 Å². The van der Waals surface area contributed by atoms with Gasteiger partial charge in [-0.15, -0.1) is 0 Å². The van der Waals surface area contributed by atoms with E-state index < -0.39 is 11.8 Å². The van der Waals surface area contributed by atoms with Crippen molar-refractivity contribution in [1.29, 1.82) is 10.7 Å². The van der Waals surface area contributed by atoms with Crippen LogP contribution in [0.25, 0.3) is 0 Å². The number of carbonyl (C=O) groups is 1. The van der Waals surface area contributed by atoms with Gasteiger partial charge in [-0.2, -0.15) is 10.4 Å². The molecule has 1 aromatic carbocycles. The second-order valence-electron chi connectivity index (χ2n) is 3.10. The van der Waals surface area contributed by atoms with E-state index >= 15 is 0 Å². The van der Waals surface area contributed by atoms with Crippen molar-refractivity contribution in [2.45, 2.75) is 0 Å². The molecule has 0 aliphatic heterocycles. The Bertz CT molecular complexity index is 576. The highest BCUT2D eigenvalue weighted by atomic mass is 79.9. The van der Waals surface area contributed by atoms with E-state index in [2.05, 4.69) is 26.5 Å². The third-order valence-corrected chi connectivity index (χ3v) is 2.55. The molecule has 0 fully saturated rings. The van der Waals surface area contributed by atoms with Crippen molar-refractivity contribution in [3.8, 4) is 6.07 Å². The molecular formula is C10H8BrN5O2. The van der Waals surface area contributed by atoms with Gasteiger partial charge in [-0.25, -0.2) is 4.79 Å². The van der Waals surface area contributed by atoms with Crippen LogP contribution in [-0.4, -0.2) is 22.6 Å². The summed E-state index contributed by atoms with van der Waals surface area (Å²) in [5, 5.41) is 28.1. The molecule has 8 heteroatoms. The average molecular weight is 310 g/mol. The zero-order chi connectivity index (χ0) is 13.7. The summed E-state index contributed by atoms with van der Waals surface area (Å²) in [4.78, 5) is 10.8. The molecular weight excluding hydrogens is 302 g/mol. The Morgan fingerprint density at radius 2 is 2.28 bits per heavy atom. The number of nitrogens with zero attached hydrogens (tertiary/aromatic N) is 2. The number of aromatic carboxylic acids is 1. The number of anilines is 1. The predicted molar refractivity (Wildman–Crippen MR) is 69.7 cm³/mol. The average Bonchev–Trinajstić information content (AvgIpc) is 2.31. The van der Waals surface area contributed by atoms with Crippen LogP contribution in [0.4, 0.5) is 5.69 Å². The lowest BCUT2D eigenvalue weighted by Gasteiger charge is -2.05. The third kappa shape index (κ3) is 3.29. The number of hydrazone groups is 1. The van der Waals surface area contributed by atoms with Gasteiger partial charge in [-0.1, -0.05) is 0 Å². The summed E-state index contributed by atoms with van der Waals surface area (Å²) in [7, 11) is 0. The smallest absolute Gasteiger partial charge is 0.335 e. The van der Waals surface area contributed by atoms with Gasteiger partial charge in [0.05, 0.1) is 11.3 Å². The largest absolute Gasteiger partial charge is 0.478 e. The van der Waals surface area contributed by atoms with Crippen LogP contribution in [0.3, 0.4) is 0 Å². The number of hydrogen-bond donors (Lipinski definition) is 4. The highest BCUT2D eigenvalue weighted by molar-refractivity contribution is 9.10. The molecule has 18 heavy (non-hydrogen) atoms. The van der Waals surface area contributed by atoms with Crippen molar-refractivity contribution in [3.63, 3.8) is 0 Å². The molecule has 0 saturated heterocycles. The maximum Gasteiger partial charge on any atom is 0.335 e. The van der Waals surface area contributed by atoms with Gasteiger partial charge in [0.15, 0.2) is 5.84 Å². The minimum absolute atomic E-state index is 0.0669. The summed E-state index contributed by atoms with van der Waals surface area (Å²) >= 11 is 3.20. The molecule has 0 heterocycles. The van der Waals surface area contributed by atoms with Gasteiger partial charge in [0.1, 0.15) is 6.07 Å². The van der Waals surface area contributed by atoms with E-state index in [9.17, 15) is 4.79 Å². The maximum atomic E-state index is 10.8. The molecule has 0 amide bonds. The second-order valence-corrected chi connectivity index (χ2v) is 3.95. The SMILES string of the molecule is N#C/C(=N\Nc1cc(C(=O)O)ccc1Br)C(=N)N. The van der Waals surface area contributed by atoms with Crippen molar-refractivity contribution in [2.75, 3.05) is 5.43 Å². The van der Waals surface area contributed by atoms with Crippen LogP contribution in [0, 0.1) is 16.7 Å². The Labute approximate surface area is 111 Å². The molecule has 0 bridgehead atoms. The van der Waals surface area contributed by atoms with Crippen LogP contribution >= 0.6 is 15.9 Å². The first-order valence-electron chi connectivity index (χ1n) is 4.56. The number of nitrogens with two attached hydrogens (primary N) is 1. The van der Waals surface area contributed by atoms with Gasteiger partial charge in [0.25, 0.3) is 0 Å². The van der Waals surface area contributed by atoms with Gasteiger partial charge in [-0.3, -0.25) is 10.8 Å². The number of halogens is 1. The quantitative estimate of drug-likeness (QED) is 0.378. The van der Waals surface area contributed by atoms with Crippen molar-refractivity contribution >= 4 is 39.1 Å². The fraction of sp³-hybridized carbons (Fsp3) is 0. The van der Waals surface area contributed by atoms with Crippen LogP contribution in [0.1, 0.15) is 10.4 Å². The minimum Gasteiger partial charge on any atom is -0.478 e. The third-order valence-electron chi connectivity index (χ3n) is 1.86. The number of amidine groups is 1. The Morgan fingerprint density at radius 1 is 1.61 bits per heavy atom. The topological polar surface area (TPSA) is 135 Å². The Kier molecular flexibility index (Phi) is 4.39. The molecule has 0 atom stereocenters. The second kappa shape index (κ2) is 5.79. The Balaban J connectivity index is 3.05. The molecule has 0 saturated carbocycles. The molecule has 0 aliphatic rings. The molecule has 1 aromatic rings. The van der Waals surface area contributed by atoms with Crippen LogP contribution in [0.2, 0.25) is 0 Å². The van der Waals surface area contributed by atoms with Crippen molar-refractivity contribution in [2.24, 2.45) is 10.8 Å². The normalized spacial score (nSPS) is 10.6. The predicted octanol–water partition coefficient (Wildman–Crippen LogP) is 1.37. The summed E-state index contributed by atoms with van der Waals surface area (Å²) in [5.74, 6) is -1.56. The molecule has 92 valence electrons. The summed E-state index contributed by atoms with van der Waals surface area (Å²) < 4.78 is 0.567. The zero-order valence-corrected chi connectivity index (χ0v) is 10.5. The lowest BCUT2D eigenvalue weighted by molar-refractivity contribution is 0.0697. The van der Waals surface area contributed by atoms with E-state index in [1.165, 1.54) is 18.2 Å². The van der Waals surface area contributed by atoms with Crippen LogP contribution in [0.5, 0.6) is 0 Å². The summed E-state index contributed by atoms with van der Waals surface area (Å²) in [6.07, 6.45) is 0. The summed E-state index contributed by atoms with van der Waals surface area (Å²) in [5.41, 5.74) is 7.72. The van der Waals surface area contributed by atoms with E-state index in [0.29, 0.717) is 10.2 Å². The highest BCUT2D eigenvalue weighted by Crippen LogP contribution is 2.23. The summed E-state index contributed by atoms with van der Waals surface area (Å²) in [6.45, 7) is 0. The lowest BCUT2D eigenvalue weighted by Crippen LogP contribution is -2.21. The number of rotatable bonds is 4. The monoisotopic (exact) mass is 309 g/mol. The standard InChI is InChI=1S/C10H8BrN5O2/c11-6-2-1-5(10(17)18)3-7(6)15-16-8(4-12)9(13)14/h1-3,15H,(H3,13,14)(H,17,18)/b16-8+. The van der Waals surface area contributed by atoms with Gasteiger partial charge in [0.2, 0.25) is 5.71 Å². The van der Waals surface area contributed by atoms with Crippen LogP contribution < -0.4 is 11.2 Å². The fourth-order valence-electron chi connectivity index (χ4n) is 1.01. The molecule has 0 unspecified atom stereocenters. The first kappa shape index (κ1) is 13.7. The zero-order valence-electron chi connectivity index (χ0n) is 8.94. The number of benzene rings is 1. The molecule has 1 rings (SSSR count). The number of nitriles is 1. The van der Waals surface area contributed by atoms with Gasteiger partial charge < -0.3 is 10.8 Å². The van der Waals surface area contributed by atoms with Crippen molar-refractivity contribution in [3.05, 3.63) is 28.2 Å². The molecule has 5 N–H and O–H groups in total. The first-order valence-corrected chi connectivity index (χ1v) is 5.36. The number of nitrogens with one attached hydrogen (secondary N) is 2. The minimum atomic E-state index is -1.08. The number of hydrogen-bond acceptors (Lipinski definition) is 5. The molecule has 0 radical (unpaired) electrons. The molecule has 0 aliphatic carbocycles. The van der Waals surface area contributed by atoms with Gasteiger partial charge in [0, 0.05) is 4.47 Å². The molecule has 7 nitrogen and oxygen atoms in total. The van der Waals surface area contributed by atoms with E-state index in [1.807, 2.05) is 0 Å². The van der Waals surface area contributed by atoms with E-state index in [4.69, 9.17) is 21.5 Å². The summed E-state index contributed by atoms with van der Waals surface area (Å²) in [6, 6.07) is 5.92. The van der Waals surface area contributed by atoms with Crippen LogP contribution in [0.15, 0.2) is 27.8 Å². The van der Waals surface area contributed by atoms with E-state index in [0.717, 1.165) is 0 Å². The van der Waals surface area contributed by atoms with Gasteiger partial charge >= 0.3 is 5.97 Å². The lowest BCUT2D eigenvalue weighted by atomic mass is 10.2. The van der Waals surface area contributed by atoms with Gasteiger partial charge in [-0.05, 0) is 34.1 Å². The van der Waals surface area contributed by atoms with E-state index in [1.54, 1.807) is 6.07 Å². The molecule has 0 spiro atoms. The Hall–Kier alpha value is -2.40. The number of carboxylic acids is 1. The van der Waals surface area contributed by atoms with Crippen LogP contribution in [-0.2, 0) is 0 Å². The molecule has 0 aromatic heterocycles. The Morgan fingerprint density at radius 3 is 2.78 bits per heavy atom. The fourth-order valence-corrected chi connectivity index (χ4v) is 1.34. The highest BCUT2D eigenvalue weighted by Gasteiger charge is 2.07. The maximum absolute atomic E-state index is 10.8. The van der Waals surface area contributed by atoms with Crippen molar-refractivity contribution in [1.82, 2.24) is 0 Å². The number of carboxylic acid groups (broad SMARTS) is 1. The van der Waals surface area contributed by atoms with E-state index in [-0.39, 0.29) is 11.3 Å². The first-order chi connectivity index (χ1) is 8.45.